The summed E-state index contributed by atoms with van der Waals surface area (Å²) in [6.07, 6.45) is 0.817. The number of hydrogen-bond acceptors (Lipinski definition) is 7. The van der Waals surface area contributed by atoms with Crippen LogP contribution in [0.3, 0.4) is 0 Å². The van der Waals surface area contributed by atoms with Crippen molar-refractivity contribution < 1.29 is 19.1 Å². The molecule has 0 atom stereocenters. The summed E-state index contributed by atoms with van der Waals surface area (Å²) >= 11 is 5.99. The fourth-order valence-electron chi connectivity index (χ4n) is 4.54. The SMILES string of the molecule is COc1ccc(-c2ccc(N3CCN(C(=O)CN(CCC(C)C)C(=O)c4ccc(Cl)cc4)CC3)nn2)c(OC)c1. The maximum absolute atomic E-state index is 13.2. The predicted molar refractivity (Wildman–Crippen MR) is 156 cm³/mol. The van der Waals surface area contributed by atoms with E-state index in [0.29, 0.717) is 66.4 Å². The normalized spacial score (nSPS) is 13.3. The van der Waals surface area contributed by atoms with E-state index in [9.17, 15) is 9.59 Å². The van der Waals surface area contributed by atoms with E-state index in [1.807, 2.05) is 35.2 Å². The Balaban J connectivity index is 1.37. The third-order valence-electron chi connectivity index (χ3n) is 6.97. The van der Waals surface area contributed by atoms with Gasteiger partial charge in [0, 0.05) is 54.9 Å². The van der Waals surface area contributed by atoms with E-state index in [1.54, 1.807) is 43.4 Å². The van der Waals surface area contributed by atoms with E-state index >= 15 is 0 Å². The molecule has 0 N–H and O–H groups in total. The second-order valence-electron chi connectivity index (χ2n) is 10.1. The molecule has 1 aliphatic heterocycles. The van der Waals surface area contributed by atoms with E-state index in [4.69, 9.17) is 21.1 Å². The van der Waals surface area contributed by atoms with Gasteiger partial charge in [0.2, 0.25) is 5.91 Å². The number of anilines is 1. The van der Waals surface area contributed by atoms with Crippen LogP contribution in [0.1, 0.15) is 30.6 Å². The molecule has 1 fully saturated rings. The summed E-state index contributed by atoms with van der Waals surface area (Å²) in [7, 11) is 3.22. The molecule has 0 radical (unpaired) electrons. The maximum atomic E-state index is 13.2. The zero-order valence-corrected chi connectivity index (χ0v) is 24.2. The van der Waals surface area contributed by atoms with Crippen LogP contribution in [-0.4, -0.2) is 85.3 Å². The third-order valence-corrected chi connectivity index (χ3v) is 7.22. The molecule has 0 spiro atoms. The lowest BCUT2D eigenvalue weighted by Gasteiger charge is -2.36. The van der Waals surface area contributed by atoms with Crippen molar-refractivity contribution in [3.8, 4) is 22.8 Å². The molecular weight excluding hydrogens is 530 g/mol. The van der Waals surface area contributed by atoms with Gasteiger partial charge in [0.15, 0.2) is 5.82 Å². The van der Waals surface area contributed by atoms with Crippen LogP contribution in [0, 0.1) is 5.92 Å². The van der Waals surface area contributed by atoms with Crippen LogP contribution in [0.5, 0.6) is 11.5 Å². The molecule has 0 bridgehead atoms. The highest BCUT2D eigenvalue weighted by Crippen LogP contribution is 2.32. The van der Waals surface area contributed by atoms with Gasteiger partial charge in [-0.1, -0.05) is 25.4 Å². The Labute approximate surface area is 240 Å². The van der Waals surface area contributed by atoms with E-state index in [0.717, 1.165) is 17.8 Å². The molecule has 10 heteroatoms. The minimum Gasteiger partial charge on any atom is -0.497 e. The average Bonchev–Trinajstić information content (AvgIpc) is 2.99. The summed E-state index contributed by atoms with van der Waals surface area (Å²) < 4.78 is 10.8. The lowest BCUT2D eigenvalue weighted by Crippen LogP contribution is -2.52. The molecule has 2 heterocycles. The number of halogens is 1. The van der Waals surface area contributed by atoms with Crippen molar-refractivity contribution >= 4 is 29.2 Å². The van der Waals surface area contributed by atoms with Crippen LogP contribution in [0.25, 0.3) is 11.3 Å². The second kappa shape index (κ2) is 13.5. The Morgan fingerprint density at radius 1 is 0.950 bits per heavy atom. The van der Waals surface area contributed by atoms with Gasteiger partial charge in [0.05, 0.1) is 19.9 Å². The zero-order valence-electron chi connectivity index (χ0n) is 23.5. The van der Waals surface area contributed by atoms with Crippen LogP contribution in [0.2, 0.25) is 5.02 Å². The quantitative estimate of drug-likeness (QED) is 0.353. The molecule has 1 aromatic heterocycles. The number of aromatic nitrogens is 2. The maximum Gasteiger partial charge on any atom is 0.254 e. The van der Waals surface area contributed by atoms with Crippen molar-refractivity contribution in [3.05, 3.63) is 65.2 Å². The molecule has 2 aromatic carbocycles. The Kier molecular flexibility index (Phi) is 9.82. The summed E-state index contributed by atoms with van der Waals surface area (Å²) in [6, 6.07) is 16.2. The lowest BCUT2D eigenvalue weighted by atomic mass is 10.1. The molecule has 0 saturated carbocycles. The highest BCUT2D eigenvalue weighted by atomic mass is 35.5. The number of benzene rings is 2. The van der Waals surface area contributed by atoms with Crippen molar-refractivity contribution in [2.75, 3.05) is 58.4 Å². The molecule has 0 aliphatic carbocycles. The first kappa shape index (κ1) is 29.1. The summed E-state index contributed by atoms with van der Waals surface area (Å²) in [5, 5.41) is 9.44. The van der Waals surface area contributed by atoms with Crippen molar-refractivity contribution in [2.24, 2.45) is 5.92 Å². The Hall–Kier alpha value is -3.85. The monoisotopic (exact) mass is 565 g/mol. The molecule has 4 rings (SSSR count). The van der Waals surface area contributed by atoms with Gasteiger partial charge in [-0.25, -0.2) is 0 Å². The van der Waals surface area contributed by atoms with Crippen molar-refractivity contribution in [1.82, 2.24) is 20.0 Å². The number of methoxy groups -OCH3 is 2. The standard InChI is InChI=1S/C30H36ClN5O4/c1-21(2)13-14-36(30(38)22-5-7-23(31)8-6-22)20-29(37)35-17-15-34(16-18-35)28-12-11-26(32-33-28)25-10-9-24(39-3)19-27(25)40-4/h5-12,19,21H,13-18,20H2,1-4H3. The Morgan fingerprint density at radius 3 is 2.27 bits per heavy atom. The van der Waals surface area contributed by atoms with E-state index in [2.05, 4.69) is 28.9 Å². The molecule has 3 aromatic rings. The van der Waals surface area contributed by atoms with Gasteiger partial charge < -0.3 is 24.2 Å². The number of hydrogen-bond donors (Lipinski definition) is 0. The molecule has 1 saturated heterocycles. The van der Waals surface area contributed by atoms with Gasteiger partial charge >= 0.3 is 0 Å². The largest absolute Gasteiger partial charge is 0.497 e. The number of rotatable bonds is 10. The van der Waals surface area contributed by atoms with Crippen molar-refractivity contribution in [1.29, 1.82) is 0 Å². The molecule has 40 heavy (non-hydrogen) atoms. The van der Waals surface area contributed by atoms with Gasteiger partial charge in [0.1, 0.15) is 18.0 Å². The minimum absolute atomic E-state index is 0.0480. The molecular formula is C30H36ClN5O4. The van der Waals surface area contributed by atoms with Crippen molar-refractivity contribution in [3.63, 3.8) is 0 Å². The van der Waals surface area contributed by atoms with Crippen LogP contribution in [0.15, 0.2) is 54.6 Å². The highest BCUT2D eigenvalue weighted by Gasteiger charge is 2.26. The van der Waals surface area contributed by atoms with E-state index in [1.165, 1.54) is 0 Å². The highest BCUT2D eigenvalue weighted by molar-refractivity contribution is 6.30. The smallest absolute Gasteiger partial charge is 0.254 e. The number of ether oxygens (including phenoxy) is 2. The zero-order chi connectivity index (χ0) is 28.6. The van der Waals surface area contributed by atoms with E-state index < -0.39 is 0 Å². The summed E-state index contributed by atoms with van der Waals surface area (Å²) in [5.74, 6) is 2.31. The average molecular weight is 566 g/mol. The number of nitrogens with zero attached hydrogens (tertiary/aromatic N) is 5. The molecule has 9 nitrogen and oxygen atoms in total. The summed E-state index contributed by atoms with van der Waals surface area (Å²) in [5.41, 5.74) is 2.05. The lowest BCUT2D eigenvalue weighted by molar-refractivity contribution is -0.132. The van der Waals surface area contributed by atoms with Gasteiger partial charge in [0.25, 0.3) is 5.91 Å². The Bertz CT molecular complexity index is 1290. The minimum atomic E-state index is -0.159. The molecule has 212 valence electrons. The number of carbonyl (C=O) groups is 2. The van der Waals surface area contributed by atoms with Crippen LogP contribution in [0.4, 0.5) is 5.82 Å². The first-order chi connectivity index (χ1) is 19.3. The Morgan fingerprint density at radius 2 is 1.68 bits per heavy atom. The fourth-order valence-corrected chi connectivity index (χ4v) is 4.66. The summed E-state index contributed by atoms with van der Waals surface area (Å²) in [4.78, 5) is 32.0. The van der Waals surface area contributed by atoms with Crippen LogP contribution >= 0.6 is 11.6 Å². The first-order valence-electron chi connectivity index (χ1n) is 13.4. The topological polar surface area (TPSA) is 88.1 Å². The van der Waals surface area contributed by atoms with Gasteiger partial charge in [-0.15, -0.1) is 10.2 Å². The van der Waals surface area contributed by atoms with Gasteiger partial charge in [-0.05, 0) is 60.9 Å². The summed E-state index contributed by atoms with van der Waals surface area (Å²) in [6.45, 7) is 7.12. The predicted octanol–water partition coefficient (Wildman–Crippen LogP) is 4.65. The second-order valence-corrected chi connectivity index (χ2v) is 10.6. The number of amides is 2. The van der Waals surface area contributed by atoms with Crippen molar-refractivity contribution in [2.45, 2.75) is 20.3 Å². The number of carbonyl (C=O) groups excluding carboxylic acids is 2. The molecule has 0 unspecified atom stereocenters. The van der Waals surface area contributed by atoms with E-state index in [-0.39, 0.29) is 18.4 Å². The van der Waals surface area contributed by atoms with Crippen LogP contribution in [-0.2, 0) is 4.79 Å². The molecule has 1 aliphatic rings. The van der Waals surface area contributed by atoms with Gasteiger partial charge in [-0.2, -0.15) is 0 Å². The first-order valence-corrected chi connectivity index (χ1v) is 13.8. The van der Waals surface area contributed by atoms with Crippen LogP contribution < -0.4 is 14.4 Å². The third kappa shape index (κ3) is 7.21. The molecule has 2 amide bonds. The van der Waals surface area contributed by atoms with Gasteiger partial charge in [-0.3, -0.25) is 9.59 Å². The number of piperazine rings is 1. The fraction of sp³-hybridized carbons (Fsp3) is 0.400.